The van der Waals surface area contributed by atoms with Crippen molar-refractivity contribution < 1.29 is 14.2 Å². The van der Waals surface area contributed by atoms with Crippen molar-refractivity contribution >= 4 is 5.95 Å². The normalized spacial score (nSPS) is 16.4. The Morgan fingerprint density at radius 2 is 1.89 bits per heavy atom. The Morgan fingerprint density at radius 3 is 2.50 bits per heavy atom. The zero-order valence-corrected chi connectivity index (χ0v) is 17.2. The molecule has 0 spiro atoms. The van der Waals surface area contributed by atoms with Gasteiger partial charge in [0.2, 0.25) is 5.95 Å². The highest BCUT2D eigenvalue weighted by Crippen LogP contribution is 2.26. The molecule has 1 atom stereocenters. The summed E-state index contributed by atoms with van der Waals surface area (Å²) in [5.74, 6) is 2.40. The van der Waals surface area contributed by atoms with Gasteiger partial charge in [-0.15, -0.1) is 0 Å². The number of methoxy groups -OCH3 is 2. The van der Waals surface area contributed by atoms with E-state index in [4.69, 9.17) is 14.2 Å². The van der Waals surface area contributed by atoms with Crippen LogP contribution in [0.5, 0.6) is 11.5 Å². The van der Waals surface area contributed by atoms with Crippen LogP contribution in [0.25, 0.3) is 0 Å². The lowest BCUT2D eigenvalue weighted by Gasteiger charge is -2.26. The van der Waals surface area contributed by atoms with Crippen molar-refractivity contribution in [2.45, 2.75) is 32.0 Å². The van der Waals surface area contributed by atoms with E-state index < -0.39 is 0 Å². The minimum Gasteiger partial charge on any atom is -0.497 e. The maximum atomic E-state index is 5.88. The van der Waals surface area contributed by atoms with Gasteiger partial charge in [-0.1, -0.05) is 0 Å². The summed E-state index contributed by atoms with van der Waals surface area (Å²) < 4.78 is 16.8. The molecule has 7 nitrogen and oxygen atoms in total. The number of hydrogen-bond acceptors (Lipinski definition) is 7. The monoisotopic (exact) mass is 386 g/mol. The lowest BCUT2D eigenvalue weighted by Crippen LogP contribution is -2.31. The molecule has 2 aromatic rings. The van der Waals surface area contributed by atoms with Gasteiger partial charge in [0.25, 0.3) is 0 Å². The van der Waals surface area contributed by atoms with E-state index in [0.717, 1.165) is 61.7 Å². The Hall–Kier alpha value is -2.38. The van der Waals surface area contributed by atoms with E-state index in [1.807, 2.05) is 49.6 Å². The summed E-state index contributed by atoms with van der Waals surface area (Å²) in [7, 11) is 7.25. The molecule has 3 rings (SSSR count). The number of aromatic nitrogens is 2. The molecule has 0 bridgehead atoms. The standard InChI is InChI=1S/C21H30N4O3/c1-24(2)21-22-11-16(12-23-21)13-25(15-19-6-5-9-28-19)14-17-10-18(26-3)7-8-20(17)27-4/h7-8,10-12,19H,5-6,9,13-15H2,1-4H3. The topological polar surface area (TPSA) is 60.0 Å². The highest BCUT2D eigenvalue weighted by Gasteiger charge is 2.21. The third-order valence-electron chi connectivity index (χ3n) is 4.87. The van der Waals surface area contributed by atoms with Crippen LogP contribution in [-0.4, -0.2) is 62.4 Å². The highest BCUT2D eigenvalue weighted by atomic mass is 16.5. The summed E-state index contributed by atoms with van der Waals surface area (Å²) in [4.78, 5) is 13.1. The van der Waals surface area contributed by atoms with Crippen molar-refractivity contribution in [2.24, 2.45) is 0 Å². The first kappa shape index (κ1) is 20.4. The molecule has 0 N–H and O–H groups in total. The maximum absolute atomic E-state index is 5.88. The molecule has 1 saturated heterocycles. The zero-order valence-electron chi connectivity index (χ0n) is 17.2. The molecule has 0 saturated carbocycles. The van der Waals surface area contributed by atoms with Gasteiger partial charge in [0.1, 0.15) is 11.5 Å². The van der Waals surface area contributed by atoms with Gasteiger partial charge >= 0.3 is 0 Å². The van der Waals surface area contributed by atoms with Gasteiger partial charge in [0, 0.05) is 63.9 Å². The molecule has 1 aliphatic rings. The average molecular weight is 386 g/mol. The molecule has 1 aliphatic heterocycles. The summed E-state index contributed by atoms with van der Waals surface area (Å²) in [6.45, 7) is 3.18. The van der Waals surface area contributed by atoms with E-state index in [-0.39, 0.29) is 6.10 Å². The minimum atomic E-state index is 0.263. The molecule has 1 aromatic carbocycles. The first-order valence-corrected chi connectivity index (χ1v) is 9.62. The molecule has 2 heterocycles. The molecule has 1 aromatic heterocycles. The molecule has 0 aliphatic carbocycles. The van der Waals surface area contributed by atoms with Gasteiger partial charge in [-0.05, 0) is 31.0 Å². The van der Waals surface area contributed by atoms with Crippen LogP contribution >= 0.6 is 0 Å². The van der Waals surface area contributed by atoms with E-state index >= 15 is 0 Å². The summed E-state index contributed by atoms with van der Waals surface area (Å²) in [5, 5.41) is 0. The van der Waals surface area contributed by atoms with Gasteiger partial charge in [-0.3, -0.25) is 4.90 Å². The van der Waals surface area contributed by atoms with Gasteiger partial charge in [-0.2, -0.15) is 0 Å². The number of ether oxygens (including phenoxy) is 3. The summed E-state index contributed by atoms with van der Waals surface area (Å²) in [6.07, 6.45) is 6.28. The number of anilines is 1. The second-order valence-corrected chi connectivity index (χ2v) is 7.27. The second-order valence-electron chi connectivity index (χ2n) is 7.27. The molecule has 0 amide bonds. The third-order valence-corrected chi connectivity index (χ3v) is 4.87. The van der Waals surface area contributed by atoms with Crippen molar-refractivity contribution in [2.75, 3.05) is 46.4 Å². The fraction of sp³-hybridized carbons (Fsp3) is 0.524. The Kier molecular flexibility index (Phi) is 7.06. The SMILES string of the molecule is COc1ccc(OC)c(CN(Cc2cnc(N(C)C)nc2)CC2CCCO2)c1. The predicted octanol–water partition coefficient (Wildman–Crippen LogP) is 2.74. The third kappa shape index (κ3) is 5.33. The van der Waals surface area contributed by atoms with Crippen molar-refractivity contribution in [1.29, 1.82) is 0 Å². The van der Waals surface area contributed by atoms with Crippen LogP contribution in [0.2, 0.25) is 0 Å². The lowest BCUT2D eigenvalue weighted by atomic mass is 10.1. The zero-order chi connectivity index (χ0) is 19.9. The maximum Gasteiger partial charge on any atom is 0.224 e. The Labute approximate surface area is 167 Å². The van der Waals surface area contributed by atoms with Crippen LogP contribution in [0.4, 0.5) is 5.95 Å². The van der Waals surface area contributed by atoms with Crippen LogP contribution in [0.15, 0.2) is 30.6 Å². The van der Waals surface area contributed by atoms with Gasteiger partial charge in [0.05, 0.1) is 20.3 Å². The van der Waals surface area contributed by atoms with Gasteiger partial charge in [-0.25, -0.2) is 9.97 Å². The molecule has 0 radical (unpaired) electrons. The molecular weight excluding hydrogens is 356 g/mol. The first-order valence-electron chi connectivity index (χ1n) is 9.62. The first-order chi connectivity index (χ1) is 13.6. The van der Waals surface area contributed by atoms with Crippen molar-refractivity contribution in [3.63, 3.8) is 0 Å². The minimum absolute atomic E-state index is 0.263. The van der Waals surface area contributed by atoms with Gasteiger partial charge < -0.3 is 19.1 Å². The smallest absolute Gasteiger partial charge is 0.224 e. The molecule has 28 heavy (non-hydrogen) atoms. The van der Waals surface area contributed by atoms with Crippen LogP contribution in [0.1, 0.15) is 24.0 Å². The lowest BCUT2D eigenvalue weighted by molar-refractivity contribution is 0.0675. The average Bonchev–Trinajstić information content (AvgIpc) is 3.21. The van der Waals surface area contributed by atoms with E-state index in [2.05, 4.69) is 14.9 Å². The number of hydrogen-bond donors (Lipinski definition) is 0. The Bertz CT molecular complexity index is 746. The molecule has 152 valence electrons. The van der Waals surface area contributed by atoms with E-state index in [9.17, 15) is 0 Å². The molecular formula is C21H30N4O3. The van der Waals surface area contributed by atoms with E-state index in [1.165, 1.54) is 0 Å². The van der Waals surface area contributed by atoms with Crippen molar-refractivity contribution in [3.8, 4) is 11.5 Å². The van der Waals surface area contributed by atoms with E-state index in [0.29, 0.717) is 5.95 Å². The fourth-order valence-electron chi connectivity index (χ4n) is 3.43. The molecule has 1 fully saturated rings. The van der Waals surface area contributed by atoms with Crippen LogP contribution in [0.3, 0.4) is 0 Å². The van der Waals surface area contributed by atoms with Crippen LogP contribution in [0, 0.1) is 0 Å². The van der Waals surface area contributed by atoms with Gasteiger partial charge in [0.15, 0.2) is 0 Å². The predicted molar refractivity (Wildman–Crippen MR) is 109 cm³/mol. The van der Waals surface area contributed by atoms with Crippen molar-refractivity contribution in [3.05, 3.63) is 41.7 Å². The number of rotatable bonds is 9. The Morgan fingerprint density at radius 1 is 1.11 bits per heavy atom. The quantitative estimate of drug-likeness (QED) is 0.657. The Balaban J connectivity index is 1.78. The second kappa shape index (κ2) is 9.71. The molecule has 1 unspecified atom stereocenters. The fourth-order valence-corrected chi connectivity index (χ4v) is 3.43. The number of nitrogens with zero attached hydrogens (tertiary/aromatic N) is 4. The highest BCUT2D eigenvalue weighted by molar-refractivity contribution is 5.40. The summed E-state index contributed by atoms with van der Waals surface area (Å²) in [6, 6.07) is 5.90. The number of benzene rings is 1. The van der Waals surface area contributed by atoms with Crippen molar-refractivity contribution in [1.82, 2.24) is 14.9 Å². The summed E-state index contributed by atoms with van der Waals surface area (Å²) in [5.41, 5.74) is 2.16. The summed E-state index contributed by atoms with van der Waals surface area (Å²) >= 11 is 0. The largest absolute Gasteiger partial charge is 0.497 e. The van der Waals surface area contributed by atoms with E-state index in [1.54, 1.807) is 14.2 Å². The van der Waals surface area contributed by atoms with Crippen LogP contribution < -0.4 is 14.4 Å². The van der Waals surface area contributed by atoms with Crippen LogP contribution in [-0.2, 0) is 17.8 Å². The molecule has 7 heteroatoms.